The average molecular weight is 330 g/mol. The molecule has 0 aliphatic carbocycles. The zero-order chi connectivity index (χ0) is 16.5. The first-order valence-corrected chi connectivity index (χ1v) is 8.61. The van der Waals surface area contributed by atoms with Gasteiger partial charge in [0.15, 0.2) is 5.16 Å². The molecule has 1 heterocycles. The van der Waals surface area contributed by atoms with E-state index >= 15 is 0 Å². The van der Waals surface area contributed by atoms with Crippen molar-refractivity contribution in [2.45, 2.75) is 43.2 Å². The van der Waals surface area contributed by atoms with E-state index in [1.54, 1.807) is 18.5 Å². The molecule has 1 aromatic heterocycles. The molecule has 0 aliphatic heterocycles. The molecule has 2 N–H and O–H groups in total. The molecule has 0 saturated heterocycles. The lowest BCUT2D eigenvalue weighted by atomic mass is 10.2. The lowest BCUT2D eigenvalue weighted by Gasteiger charge is -2.11. The zero-order valence-electron chi connectivity index (χ0n) is 13.5. The van der Waals surface area contributed by atoms with Crippen LogP contribution in [0.1, 0.15) is 31.7 Å². The molecule has 0 atom stereocenters. The number of aromatic nitrogens is 2. The molecular formula is C17H22N4OS. The number of nitrogens with one attached hydrogen (secondary N) is 2. The third-order valence-electron chi connectivity index (χ3n) is 3.26. The van der Waals surface area contributed by atoms with Gasteiger partial charge in [0, 0.05) is 29.5 Å². The summed E-state index contributed by atoms with van der Waals surface area (Å²) < 4.78 is 0. The van der Waals surface area contributed by atoms with Crippen LogP contribution >= 0.6 is 11.8 Å². The first-order chi connectivity index (χ1) is 11.2. The van der Waals surface area contributed by atoms with Gasteiger partial charge in [0.1, 0.15) is 0 Å². The average Bonchev–Trinajstić information content (AvgIpc) is 2.55. The van der Waals surface area contributed by atoms with Gasteiger partial charge >= 0.3 is 6.03 Å². The number of benzene rings is 1. The van der Waals surface area contributed by atoms with Gasteiger partial charge in [-0.15, -0.1) is 0 Å². The summed E-state index contributed by atoms with van der Waals surface area (Å²) in [6.45, 7) is 4.82. The highest BCUT2D eigenvalue weighted by Crippen LogP contribution is 2.27. The van der Waals surface area contributed by atoms with Gasteiger partial charge in [-0.3, -0.25) is 0 Å². The second-order valence-corrected chi connectivity index (χ2v) is 6.24. The van der Waals surface area contributed by atoms with Gasteiger partial charge in [-0.2, -0.15) is 0 Å². The van der Waals surface area contributed by atoms with Crippen LogP contribution in [0.3, 0.4) is 0 Å². The molecule has 0 unspecified atom stereocenters. The molecular weight excluding hydrogens is 308 g/mol. The first-order valence-electron chi connectivity index (χ1n) is 7.79. The summed E-state index contributed by atoms with van der Waals surface area (Å²) in [6, 6.07) is 7.53. The summed E-state index contributed by atoms with van der Waals surface area (Å²) in [5.74, 6) is 0. The molecule has 23 heavy (non-hydrogen) atoms. The maximum absolute atomic E-state index is 11.9. The van der Waals surface area contributed by atoms with Gasteiger partial charge in [-0.25, -0.2) is 14.8 Å². The Balaban J connectivity index is 1.90. The molecule has 0 fully saturated rings. The minimum absolute atomic E-state index is 0.156. The number of aryl methyl sites for hydroxylation is 1. The van der Waals surface area contributed by atoms with Gasteiger partial charge in [0.05, 0.1) is 0 Å². The van der Waals surface area contributed by atoms with Crippen LogP contribution < -0.4 is 10.6 Å². The van der Waals surface area contributed by atoms with Crippen molar-refractivity contribution in [3.05, 3.63) is 42.2 Å². The fourth-order valence-corrected chi connectivity index (χ4v) is 2.84. The van der Waals surface area contributed by atoms with Gasteiger partial charge in [-0.1, -0.05) is 19.8 Å². The Kier molecular flexibility index (Phi) is 6.87. The molecule has 0 bridgehead atoms. The number of urea groups is 1. The van der Waals surface area contributed by atoms with E-state index in [1.807, 2.05) is 25.1 Å². The van der Waals surface area contributed by atoms with Gasteiger partial charge in [0.25, 0.3) is 0 Å². The number of carbonyl (C=O) groups excluding carboxylic acids is 1. The molecule has 2 aromatic rings. The lowest BCUT2D eigenvalue weighted by molar-refractivity contribution is 0.252. The van der Waals surface area contributed by atoms with Crippen LogP contribution in [0.4, 0.5) is 10.5 Å². The van der Waals surface area contributed by atoms with E-state index < -0.39 is 0 Å². The molecule has 1 aromatic carbocycles. The SMILES string of the molecule is CCCCCNC(=O)Nc1ccc(Sc2ncccn2)cc1C. The number of anilines is 1. The van der Waals surface area contributed by atoms with Crippen LogP contribution in [0.5, 0.6) is 0 Å². The van der Waals surface area contributed by atoms with E-state index in [1.165, 1.54) is 11.8 Å². The summed E-state index contributed by atoms with van der Waals surface area (Å²) in [4.78, 5) is 21.3. The summed E-state index contributed by atoms with van der Waals surface area (Å²) >= 11 is 1.50. The van der Waals surface area contributed by atoms with E-state index in [0.29, 0.717) is 11.7 Å². The maximum atomic E-state index is 11.9. The van der Waals surface area contributed by atoms with E-state index in [0.717, 1.165) is 35.4 Å². The fourth-order valence-electron chi connectivity index (χ4n) is 2.03. The van der Waals surface area contributed by atoms with Gasteiger partial charge in [0.2, 0.25) is 0 Å². The number of rotatable bonds is 7. The number of hydrogen-bond donors (Lipinski definition) is 2. The number of carbonyl (C=O) groups is 1. The van der Waals surface area contributed by atoms with Crippen LogP contribution in [0.15, 0.2) is 46.7 Å². The van der Waals surface area contributed by atoms with Crippen LogP contribution in [0.25, 0.3) is 0 Å². The second kappa shape index (κ2) is 9.15. The fraction of sp³-hybridized carbons (Fsp3) is 0.353. The normalized spacial score (nSPS) is 10.3. The highest BCUT2D eigenvalue weighted by Gasteiger charge is 2.06. The van der Waals surface area contributed by atoms with Crippen molar-refractivity contribution in [2.75, 3.05) is 11.9 Å². The van der Waals surface area contributed by atoms with Crippen molar-refractivity contribution in [3.63, 3.8) is 0 Å². The molecule has 0 radical (unpaired) electrons. The van der Waals surface area contributed by atoms with Crippen molar-refractivity contribution in [3.8, 4) is 0 Å². The lowest BCUT2D eigenvalue weighted by Crippen LogP contribution is -2.29. The van der Waals surface area contributed by atoms with E-state index in [-0.39, 0.29) is 6.03 Å². The topological polar surface area (TPSA) is 66.9 Å². The molecule has 0 aliphatic rings. The number of hydrogen-bond acceptors (Lipinski definition) is 4. The molecule has 0 saturated carbocycles. The van der Waals surface area contributed by atoms with Crippen molar-refractivity contribution >= 4 is 23.5 Å². The Morgan fingerprint density at radius 3 is 2.70 bits per heavy atom. The highest BCUT2D eigenvalue weighted by molar-refractivity contribution is 7.99. The van der Waals surface area contributed by atoms with Crippen LogP contribution in [0, 0.1) is 6.92 Å². The largest absolute Gasteiger partial charge is 0.338 e. The third kappa shape index (κ3) is 5.90. The zero-order valence-corrected chi connectivity index (χ0v) is 14.3. The highest BCUT2D eigenvalue weighted by atomic mass is 32.2. The Labute approximate surface area is 141 Å². The summed E-state index contributed by atoms with van der Waals surface area (Å²) in [5.41, 5.74) is 1.82. The Hall–Kier alpha value is -2.08. The third-order valence-corrected chi connectivity index (χ3v) is 4.15. The smallest absolute Gasteiger partial charge is 0.319 e. The molecule has 2 amide bonds. The molecule has 122 valence electrons. The monoisotopic (exact) mass is 330 g/mol. The Morgan fingerprint density at radius 1 is 1.22 bits per heavy atom. The van der Waals surface area contributed by atoms with Crippen molar-refractivity contribution in [1.29, 1.82) is 0 Å². The minimum Gasteiger partial charge on any atom is -0.338 e. The number of unbranched alkanes of at least 4 members (excludes halogenated alkanes) is 2. The Bertz CT molecular complexity index is 634. The van der Waals surface area contributed by atoms with E-state index in [9.17, 15) is 4.79 Å². The summed E-state index contributed by atoms with van der Waals surface area (Å²) in [5, 5.41) is 6.47. The van der Waals surface area contributed by atoms with Crippen LogP contribution in [0.2, 0.25) is 0 Å². The van der Waals surface area contributed by atoms with Gasteiger partial charge < -0.3 is 10.6 Å². The molecule has 6 heteroatoms. The van der Waals surface area contributed by atoms with Crippen molar-refractivity contribution < 1.29 is 4.79 Å². The molecule has 0 spiro atoms. The quantitative estimate of drug-likeness (QED) is 0.588. The van der Waals surface area contributed by atoms with Gasteiger partial charge in [-0.05, 0) is 54.9 Å². The Morgan fingerprint density at radius 2 is 2.00 bits per heavy atom. The standard InChI is InChI=1S/C17H22N4OS/c1-3-4-5-9-18-16(22)21-15-8-7-14(12-13(15)2)23-17-19-10-6-11-20-17/h6-8,10-12H,3-5,9H2,1-2H3,(H2,18,21,22). The predicted octanol–water partition coefficient (Wildman–Crippen LogP) is 4.25. The summed E-state index contributed by atoms with van der Waals surface area (Å²) in [6.07, 6.45) is 6.73. The second-order valence-electron chi connectivity index (χ2n) is 5.20. The number of amides is 2. The number of nitrogens with zero attached hydrogens (tertiary/aromatic N) is 2. The molecule has 5 nitrogen and oxygen atoms in total. The molecule has 2 rings (SSSR count). The predicted molar refractivity (Wildman–Crippen MR) is 93.9 cm³/mol. The van der Waals surface area contributed by atoms with Crippen LogP contribution in [-0.4, -0.2) is 22.5 Å². The van der Waals surface area contributed by atoms with E-state index in [2.05, 4.69) is 27.5 Å². The first kappa shape index (κ1) is 17.3. The minimum atomic E-state index is -0.156. The van der Waals surface area contributed by atoms with E-state index in [4.69, 9.17) is 0 Å². The van der Waals surface area contributed by atoms with Crippen molar-refractivity contribution in [2.24, 2.45) is 0 Å². The maximum Gasteiger partial charge on any atom is 0.319 e. The van der Waals surface area contributed by atoms with Crippen LogP contribution in [-0.2, 0) is 0 Å². The van der Waals surface area contributed by atoms with Crippen molar-refractivity contribution in [1.82, 2.24) is 15.3 Å². The summed E-state index contributed by atoms with van der Waals surface area (Å²) in [7, 11) is 0.